The third-order valence-electron chi connectivity index (χ3n) is 3.54. The summed E-state index contributed by atoms with van der Waals surface area (Å²) in [6, 6.07) is 22.1. The van der Waals surface area contributed by atoms with Gasteiger partial charge in [0.05, 0.1) is 0 Å². The van der Waals surface area contributed by atoms with E-state index in [2.05, 4.69) is 71.3 Å². The molecule has 3 rings (SSSR count). The second kappa shape index (κ2) is 5.34. The molecule has 0 amide bonds. The zero-order valence-corrected chi connectivity index (χ0v) is 10.3. The summed E-state index contributed by atoms with van der Waals surface area (Å²) in [5, 5.41) is 7.24. The van der Waals surface area contributed by atoms with Gasteiger partial charge in [-0.05, 0) is 11.1 Å². The molecule has 0 aliphatic carbocycles. The smallest absolute Gasteiger partial charge is 0.0447 e. The molecule has 1 heterocycles. The zero-order chi connectivity index (χ0) is 12.2. The standard InChI is InChI=1S/C16H18N2/c1-3-7-13(8-4-1)15-11-18-16(12-17-15)14-9-5-2-6-10-14/h1-10,15-18H,11-12H2/t15-,16+. The molecule has 2 aromatic carbocycles. The first-order valence-corrected chi connectivity index (χ1v) is 6.50. The Morgan fingerprint density at radius 3 is 1.33 bits per heavy atom. The van der Waals surface area contributed by atoms with E-state index in [-0.39, 0.29) is 0 Å². The van der Waals surface area contributed by atoms with Gasteiger partial charge in [-0.1, -0.05) is 60.7 Å². The molecule has 2 nitrogen and oxygen atoms in total. The largest absolute Gasteiger partial charge is 0.307 e. The molecular weight excluding hydrogens is 220 g/mol. The lowest BCUT2D eigenvalue weighted by molar-refractivity contribution is 0.357. The van der Waals surface area contributed by atoms with Crippen LogP contribution in [0, 0.1) is 0 Å². The van der Waals surface area contributed by atoms with Gasteiger partial charge in [-0.25, -0.2) is 0 Å². The van der Waals surface area contributed by atoms with Crippen LogP contribution in [0.2, 0.25) is 0 Å². The molecule has 1 saturated heterocycles. The van der Waals surface area contributed by atoms with Crippen molar-refractivity contribution in [1.82, 2.24) is 10.6 Å². The lowest BCUT2D eigenvalue weighted by Gasteiger charge is -2.31. The minimum Gasteiger partial charge on any atom is -0.307 e. The Kier molecular flexibility index (Phi) is 3.40. The van der Waals surface area contributed by atoms with E-state index in [1.807, 2.05) is 0 Å². The summed E-state index contributed by atoms with van der Waals surface area (Å²) < 4.78 is 0. The van der Waals surface area contributed by atoms with Crippen molar-refractivity contribution in [3.05, 3.63) is 71.8 Å². The van der Waals surface area contributed by atoms with Crippen LogP contribution in [-0.4, -0.2) is 13.1 Å². The summed E-state index contributed by atoms with van der Waals surface area (Å²) >= 11 is 0. The Bertz CT molecular complexity index is 425. The van der Waals surface area contributed by atoms with E-state index in [0.29, 0.717) is 12.1 Å². The van der Waals surface area contributed by atoms with Crippen molar-refractivity contribution in [1.29, 1.82) is 0 Å². The van der Waals surface area contributed by atoms with E-state index in [1.54, 1.807) is 0 Å². The molecule has 0 spiro atoms. The van der Waals surface area contributed by atoms with E-state index in [0.717, 1.165) is 13.1 Å². The highest BCUT2D eigenvalue weighted by atomic mass is 15.1. The molecule has 0 unspecified atom stereocenters. The van der Waals surface area contributed by atoms with Crippen molar-refractivity contribution in [2.24, 2.45) is 0 Å². The van der Waals surface area contributed by atoms with Gasteiger partial charge in [-0.2, -0.15) is 0 Å². The van der Waals surface area contributed by atoms with Crippen LogP contribution in [0.3, 0.4) is 0 Å². The van der Waals surface area contributed by atoms with Crippen molar-refractivity contribution in [2.75, 3.05) is 13.1 Å². The molecule has 18 heavy (non-hydrogen) atoms. The van der Waals surface area contributed by atoms with Gasteiger partial charge in [0.25, 0.3) is 0 Å². The normalized spacial score (nSPS) is 23.8. The lowest BCUT2D eigenvalue weighted by Crippen LogP contribution is -2.45. The van der Waals surface area contributed by atoms with Crippen molar-refractivity contribution >= 4 is 0 Å². The first-order valence-electron chi connectivity index (χ1n) is 6.50. The van der Waals surface area contributed by atoms with E-state index in [9.17, 15) is 0 Å². The molecule has 2 N–H and O–H groups in total. The van der Waals surface area contributed by atoms with Gasteiger partial charge in [0.15, 0.2) is 0 Å². The summed E-state index contributed by atoms with van der Waals surface area (Å²) in [5.74, 6) is 0. The van der Waals surface area contributed by atoms with E-state index >= 15 is 0 Å². The van der Waals surface area contributed by atoms with Crippen LogP contribution in [0.1, 0.15) is 23.2 Å². The van der Waals surface area contributed by atoms with Crippen LogP contribution < -0.4 is 10.6 Å². The summed E-state index contributed by atoms with van der Waals surface area (Å²) in [7, 11) is 0. The summed E-state index contributed by atoms with van der Waals surface area (Å²) in [6.45, 7) is 1.95. The molecule has 0 radical (unpaired) electrons. The maximum absolute atomic E-state index is 3.62. The lowest BCUT2D eigenvalue weighted by atomic mass is 10.00. The summed E-state index contributed by atoms with van der Waals surface area (Å²) in [6.07, 6.45) is 0. The molecule has 2 atom stereocenters. The fourth-order valence-corrected chi connectivity index (χ4v) is 2.51. The number of hydrogen-bond donors (Lipinski definition) is 2. The SMILES string of the molecule is c1ccc([C@@H]2CN[C@@H](c3ccccc3)CN2)cc1. The molecule has 2 heteroatoms. The Morgan fingerprint density at radius 1 is 0.611 bits per heavy atom. The third-order valence-corrected chi connectivity index (χ3v) is 3.54. The van der Waals surface area contributed by atoms with Gasteiger partial charge in [0, 0.05) is 25.2 Å². The predicted molar refractivity (Wildman–Crippen MR) is 74.4 cm³/mol. The zero-order valence-electron chi connectivity index (χ0n) is 10.3. The maximum atomic E-state index is 3.62. The molecule has 2 aromatic rings. The molecular formula is C16H18N2. The Hall–Kier alpha value is -1.64. The minimum absolute atomic E-state index is 0.422. The number of hydrogen-bond acceptors (Lipinski definition) is 2. The fourth-order valence-electron chi connectivity index (χ4n) is 2.51. The average Bonchev–Trinajstić information content (AvgIpc) is 2.49. The van der Waals surface area contributed by atoms with Crippen LogP contribution >= 0.6 is 0 Å². The van der Waals surface area contributed by atoms with Crippen LogP contribution in [-0.2, 0) is 0 Å². The van der Waals surface area contributed by atoms with Gasteiger partial charge in [0.1, 0.15) is 0 Å². The number of piperazine rings is 1. The molecule has 1 aliphatic rings. The average molecular weight is 238 g/mol. The molecule has 92 valence electrons. The summed E-state index contributed by atoms with van der Waals surface area (Å²) in [4.78, 5) is 0. The van der Waals surface area contributed by atoms with Crippen molar-refractivity contribution in [3.63, 3.8) is 0 Å². The van der Waals surface area contributed by atoms with E-state index < -0.39 is 0 Å². The van der Waals surface area contributed by atoms with Gasteiger partial charge in [-0.15, -0.1) is 0 Å². The van der Waals surface area contributed by atoms with Crippen molar-refractivity contribution in [3.8, 4) is 0 Å². The highest BCUT2D eigenvalue weighted by Crippen LogP contribution is 2.20. The maximum Gasteiger partial charge on any atom is 0.0447 e. The minimum atomic E-state index is 0.422. The fraction of sp³-hybridized carbons (Fsp3) is 0.250. The van der Waals surface area contributed by atoms with Gasteiger partial charge < -0.3 is 10.6 Å². The van der Waals surface area contributed by atoms with Gasteiger partial charge in [-0.3, -0.25) is 0 Å². The van der Waals surface area contributed by atoms with Crippen molar-refractivity contribution in [2.45, 2.75) is 12.1 Å². The monoisotopic (exact) mass is 238 g/mol. The van der Waals surface area contributed by atoms with Crippen molar-refractivity contribution < 1.29 is 0 Å². The number of benzene rings is 2. The van der Waals surface area contributed by atoms with E-state index in [4.69, 9.17) is 0 Å². The highest BCUT2D eigenvalue weighted by Gasteiger charge is 2.21. The molecule has 1 fully saturated rings. The molecule has 0 aromatic heterocycles. The predicted octanol–water partition coefficient (Wildman–Crippen LogP) is 2.66. The molecule has 0 saturated carbocycles. The Balaban J connectivity index is 1.65. The van der Waals surface area contributed by atoms with Gasteiger partial charge in [0.2, 0.25) is 0 Å². The Labute approximate surface area is 108 Å². The van der Waals surface area contributed by atoms with Gasteiger partial charge >= 0.3 is 0 Å². The molecule has 0 bridgehead atoms. The van der Waals surface area contributed by atoms with Crippen LogP contribution in [0.25, 0.3) is 0 Å². The second-order valence-corrected chi connectivity index (χ2v) is 4.74. The third kappa shape index (κ3) is 2.45. The van der Waals surface area contributed by atoms with Crippen LogP contribution in [0.15, 0.2) is 60.7 Å². The first-order chi connectivity index (χ1) is 8.93. The second-order valence-electron chi connectivity index (χ2n) is 4.74. The Morgan fingerprint density at radius 2 is 1.00 bits per heavy atom. The highest BCUT2D eigenvalue weighted by molar-refractivity contribution is 5.23. The topological polar surface area (TPSA) is 24.1 Å². The first kappa shape index (κ1) is 11.5. The van der Waals surface area contributed by atoms with E-state index in [1.165, 1.54) is 11.1 Å². The number of rotatable bonds is 2. The van der Waals surface area contributed by atoms with Crippen LogP contribution in [0.5, 0.6) is 0 Å². The quantitative estimate of drug-likeness (QED) is 0.840. The van der Waals surface area contributed by atoms with Crippen LogP contribution in [0.4, 0.5) is 0 Å². The number of nitrogens with one attached hydrogen (secondary N) is 2. The summed E-state index contributed by atoms with van der Waals surface area (Å²) in [5.41, 5.74) is 2.72. The molecule has 1 aliphatic heterocycles.